The van der Waals surface area contributed by atoms with Crippen LogP contribution in [-0.4, -0.2) is 32.8 Å². The van der Waals surface area contributed by atoms with E-state index < -0.39 is 5.97 Å². The molecule has 0 unspecified atom stereocenters. The molecule has 0 amide bonds. The van der Waals surface area contributed by atoms with Crippen molar-refractivity contribution >= 4 is 11.7 Å². The van der Waals surface area contributed by atoms with E-state index in [1.165, 1.54) is 30.4 Å². The van der Waals surface area contributed by atoms with Crippen LogP contribution in [0.1, 0.15) is 10.4 Å². The zero-order valence-corrected chi connectivity index (χ0v) is 9.82. The molecule has 94 valence electrons. The number of nitrogens with two attached hydrogens (primary N) is 1. The first kappa shape index (κ1) is 11.8. The molecule has 0 radical (unpaired) electrons. The van der Waals surface area contributed by atoms with Crippen LogP contribution in [0.3, 0.4) is 0 Å². The average molecular weight is 249 g/mol. The smallest absolute Gasteiger partial charge is 0.343 e. The number of nitrogens with zero attached hydrogens (tertiary/aromatic N) is 4. The molecule has 0 spiro atoms. The van der Waals surface area contributed by atoms with Crippen molar-refractivity contribution in [3.63, 3.8) is 0 Å². The van der Waals surface area contributed by atoms with Crippen molar-refractivity contribution in [3.05, 3.63) is 24.2 Å². The molecular weight excluding hydrogens is 238 g/mol. The Balaban J connectivity index is 2.35. The van der Waals surface area contributed by atoms with Gasteiger partial charge in [-0.05, 0) is 6.07 Å². The number of methoxy groups -OCH3 is 1. The lowest BCUT2D eigenvalue weighted by molar-refractivity contribution is 0.0597. The Kier molecular flexibility index (Phi) is 3.09. The number of anilines is 1. The molecule has 0 aliphatic rings. The van der Waals surface area contributed by atoms with Gasteiger partial charge >= 0.3 is 12.0 Å². The third-order valence-corrected chi connectivity index (χ3v) is 2.04. The monoisotopic (exact) mass is 249 g/mol. The number of hydrogen-bond acceptors (Lipinski definition) is 7. The summed E-state index contributed by atoms with van der Waals surface area (Å²) in [5, 5.41) is 3.91. The lowest BCUT2D eigenvalue weighted by Crippen LogP contribution is -2.06. The number of ether oxygens (including phenoxy) is 2. The van der Waals surface area contributed by atoms with Crippen LogP contribution >= 0.6 is 0 Å². The molecule has 0 atom stereocenters. The van der Waals surface area contributed by atoms with Gasteiger partial charge in [-0.25, -0.2) is 9.78 Å². The van der Waals surface area contributed by atoms with E-state index in [1.807, 2.05) is 0 Å². The molecule has 8 heteroatoms. The van der Waals surface area contributed by atoms with Crippen LogP contribution in [0.15, 0.2) is 18.6 Å². The van der Waals surface area contributed by atoms with E-state index in [-0.39, 0.29) is 17.5 Å². The highest BCUT2D eigenvalue weighted by Gasteiger charge is 2.17. The topological polar surface area (TPSA) is 105 Å². The highest BCUT2D eigenvalue weighted by molar-refractivity contribution is 5.92. The van der Waals surface area contributed by atoms with Gasteiger partial charge < -0.3 is 15.2 Å². The molecule has 2 heterocycles. The van der Waals surface area contributed by atoms with Gasteiger partial charge in [-0.15, -0.1) is 5.10 Å². The highest BCUT2D eigenvalue weighted by Crippen LogP contribution is 2.22. The van der Waals surface area contributed by atoms with Gasteiger partial charge in [0.2, 0.25) is 5.88 Å². The van der Waals surface area contributed by atoms with Crippen LogP contribution in [0.5, 0.6) is 11.9 Å². The number of carbonyl (C=O) groups is 1. The summed E-state index contributed by atoms with van der Waals surface area (Å²) < 4.78 is 11.4. The molecule has 0 bridgehead atoms. The SMILES string of the molecule is COC(=O)c1cc(N)cnc1Oc1ncn(C)n1. The second-order valence-corrected chi connectivity index (χ2v) is 3.42. The molecule has 18 heavy (non-hydrogen) atoms. The minimum atomic E-state index is -0.597. The largest absolute Gasteiger partial charge is 0.465 e. The lowest BCUT2D eigenvalue weighted by Gasteiger charge is -2.06. The van der Waals surface area contributed by atoms with Gasteiger partial charge in [0.15, 0.2) is 0 Å². The Bertz CT molecular complexity index is 581. The highest BCUT2D eigenvalue weighted by atomic mass is 16.5. The predicted octanol–water partition coefficient (Wildman–Crippen LogP) is 0.371. The Hall–Kier alpha value is -2.64. The van der Waals surface area contributed by atoms with Gasteiger partial charge in [-0.2, -0.15) is 4.98 Å². The van der Waals surface area contributed by atoms with Crippen LogP contribution in [0.25, 0.3) is 0 Å². The van der Waals surface area contributed by atoms with Crippen LogP contribution < -0.4 is 10.5 Å². The Morgan fingerprint density at radius 1 is 1.44 bits per heavy atom. The molecule has 2 aromatic heterocycles. The molecule has 0 aliphatic carbocycles. The number of nitrogen functional groups attached to an aromatic ring is 1. The summed E-state index contributed by atoms with van der Waals surface area (Å²) >= 11 is 0. The van der Waals surface area contributed by atoms with Crippen molar-refractivity contribution in [2.45, 2.75) is 0 Å². The quantitative estimate of drug-likeness (QED) is 0.783. The first-order valence-electron chi connectivity index (χ1n) is 4.97. The fraction of sp³-hybridized carbons (Fsp3) is 0.200. The zero-order chi connectivity index (χ0) is 13.1. The number of aryl methyl sites for hydroxylation is 1. The molecule has 8 nitrogen and oxygen atoms in total. The number of hydrogen-bond donors (Lipinski definition) is 1. The van der Waals surface area contributed by atoms with Gasteiger partial charge in [0.1, 0.15) is 11.9 Å². The van der Waals surface area contributed by atoms with Gasteiger partial charge in [0, 0.05) is 7.05 Å². The minimum Gasteiger partial charge on any atom is -0.465 e. The molecule has 2 aromatic rings. The van der Waals surface area contributed by atoms with Gasteiger partial charge in [0.05, 0.1) is 19.0 Å². The van der Waals surface area contributed by atoms with Gasteiger partial charge in [0.25, 0.3) is 0 Å². The molecule has 0 aromatic carbocycles. The van der Waals surface area contributed by atoms with E-state index in [1.54, 1.807) is 7.05 Å². The third kappa shape index (κ3) is 2.37. The maximum atomic E-state index is 11.5. The minimum absolute atomic E-state index is 0.0438. The number of pyridine rings is 1. The van der Waals surface area contributed by atoms with Gasteiger partial charge in [-0.1, -0.05) is 0 Å². The molecule has 0 saturated carbocycles. The van der Waals surface area contributed by atoms with Crippen LogP contribution in [0, 0.1) is 0 Å². The van der Waals surface area contributed by atoms with Crippen molar-refractivity contribution in [2.24, 2.45) is 7.05 Å². The molecule has 0 saturated heterocycles. The van der Waals surface area contributed by atoms with E-state index in [0.29, 0.717) is 5.69 Å². The molecule has 2 N–H and O–H groups in total. The number of esters is 1. The summed E-state index contributed by atoms with van der Waals surface area (Å²) in [4.78, 5) is 19.3. The fourth-order valence-electron chi connectivity index (χ4n) is 1.26. The van der Waals surface area contributed by atoms with Crippen LogP contribution in [0.2, 0.25) is 0 Å². The van der Waals surface area contributed by atoms with Crippen LogP contribution in [-0.2, 0) is 11.8 Å². The maximum absolute atomic E-state index is 11.5. The summed E-state index contributed by atoms with van der Waals surface area (Å²) in [5.74, 6) is -0.553. The van der Waals surface area contributed by atoms with E-state index in [4.69, 9.17) is 10.5 Å². The lowest BCUT2D eigenvalue weighted by atomic mass is 10.2. The average Bonchev–Trinajstić information content (AvgIpc) is 2.76. The van der Waals surface area contributed by atoms with Crippen LogP contribution in [0.4, 0.5) is 5.69 Å². The van der Waals surface area contributed by atoms with Crippen molar-refractivity contribution in [3.8, 4) is 11.9 Å². The summed E-state index contributed by atoms with van der Waals surface area (Å²) in [7, 11) is 2.95. The van der Waals surface area contributed by atoms with Crippen molar-refractivity contribution in [1.29, 1.82) is 0 Å². The number of aromatic nitrogens is 4. The van der Waals surface area contributed by atoms with E-state index >= 15 is 0 Å². The first-order chi connectivity index (χ1) is 8.60. The first-order valence-corrected chi connectivity index (χ1v) is 4.97. The van der Waals surface area contributed by atoms with Crippen molar-refractivity contribution in [2.75, 3.05) is 12.8 Å². The molecule has 2 rings (SSSR count). The molecule has 0 aliphatic heterocycles. The Morgan fingerprint density at radius 3 is 2.83 bits per heavy atom. The van der Waals surface area contributed by atoms with Gasteiger partial charge in [-0.3, -0.25) is 4.68 Å². The number of carbonyl (C=O) groups excluding carboxylic acids is 1. The predicted molar refractivity (Wildman–Crippen MR) is 61.1 cm³/mol. The van der Waals surface area contributed by atoms with E-state index in [2.05, 4.69) is 19.8 Å². The van der Waals surface area contributed by atoms with E-state index in [0.717, 1.165) is 0 Å². The number of rotatable bonds is 3. The van der Waals surface area contributed by atoms with Crippen molar-refractivity contribution in [1.82, 2.24) is 19.7 Å². The standard InChI is InChI=1S/C10H11N5O3/c1-15-5-13-10(14-15)18-8-7(9(16)17-2)3-6(11)4-12-8/h3-5H,11H2,1-2H3. The normalized spacial score (nSPS) is 10.1. The molecular formula is C10H11N5O3. The summed E-state index contributed by atoms with van der Waals surface area (Å²) in [6.07, 6.45) is 2.83. The summed E-state index contributed by atoms with van der Waals surface area (Å²) in [5.41, 5.74) is 6.00. The summed E-state index contributed by atoms with van der Waals surface area (Å²) in [6, 6.07) is 1.50. The van der Waals surface area contributed by atoms with Crippen molar-refractivity contribution < 1.29 is 14.3 Å². The Labute approximate surface area is 102 Å². The van der Waals surface area contributed by atoms with E-state index in [9.17, 15) is 4.79 Å². The Morgan fingerprint density at radius 2 is 2.22 bits per heavy atom. The zero-order valence-electron chi connectivity index (χ0n) is 9.82. The fourth-order valence-corrected chi connectivity index (χ4v) is 1.26. The molecule has 0 fully saturated rings. The third-order valence-electron chi connectivity index (χ3n) is 2.04. The summed E-state index contributed by atoms with van der Waals surface area (Å²) in [6.45, 7) is 0. The maximum Gasteiger partial charge on any atom is 0.343 e. The second kappa shape index (κ2) is 4.70. The second-order valence-electron chi connectivity index (χ2n) is 3.42.